The Kier molecular flexibility index (Phi) is 3.02. The molecule has 1 aromatic carbocycles. The second kappa shape index (κ2) is 4.33. The average Bonchev–Trinajstić information content (AvgIpc) is 2.65. The lowest BCUT2D eigenvalue weighted by atomic mass is 10.2. The molecule has 1 heterocycles. The number of hydrogen-bond donors (Lipinski definition) is 1. The molecule has 0 spiro atoms. The van der Waals surface area contributed by atoms with Gasteiger partial charge in [-0.1, -0.05) is 17.7 Å². The Hall–Kier alpha value is -1.62. The maximum Gasteiger partial charge on any atom is 0.279 e. The van der Waals surface area contributed by atoms with Gasteiger partial charge in [-0.3, -0.25) is 9.89 Å². The molecule has 0 radical (unpaired) electrons. The lowest BCUT2D eigenvalue weighted by molar-refractivity contribution is 0.145. The molecule has 0 unspecified atom stereocenters. The minimum Gasteiger partial charge on any atom is -0.289 e. The van der Waals surface area contributed by atoms with Crippen molar-refractivity contribution in [3.8, 4) is 5.69 Å². The largest absolute Gasteiger partial charge is 0.289 e. The lowest BCUT2D eigenvalue weighted by Crippen LogP contribution is -2.13. The third kappa shape index (κ3) is 2.24. The van der Waals surface area contributed by atoms with E-state index in [4.69, 9.17) is 11.6 Å². The van der Waals surface area contributed by atoms with E-state index in [1.54, 1.807) is 18.2 Å². The fourth-order valence-corrected chi connectivity index (χ4v) is 1.61. The maximum atomic E-state index is 12.4. The Morgan fingerprint density at radius 1 is 1.35 bits per heavy atom. The van der Waals surface area contributed by atoms with E-state index in [2.05, 4.69) is 5.10 Å². The van der Waals surface area contributed by atoms with Crippen LogP contribution in [0.25, 0.3) is 5.69 Å². The van der Waals surface area contributed by atoms with E-state index < -0.39 is 17.7 Å². The monoisotopic (exact) mass is 258 g/mol. The number of nitrogens with zero attached hydrogens (tertiary/aromatic N) is 1. The molecule has 0 saturated heterocycles. The van der Waals surface area contributed by atoms with Crippen LogP contribution < -0.4 is 5.56 Å². The summed E-state index contributed by atoms with van der Waals surface area (Å²) in [4.78, 5) is 11.5. The topological polar surface area (TPSA) is 37.8 Å². The third-order valence-corrected chi connectivity index (χ3v) is 2.80. The number of alkyl halides is 2. The summed E-state index contributed by atoms with van der Waals surface area (Å²) in [7, 11) is 0. The van der Waals surface area contributed by atoms with Crippen LogP contribution in [0.2, 0.25) is 5.02 Å². The van der Waals surface area contributed by atoms with Gasteiger partial charge in [-0.05, 0) is 24.6 Å². The standard InChI is InChI=1S/C11H9ClF2N2O/c1-6-2-3-7(4-8(6)12)16-10(17)5-9(15-16)11(13)14/h2-5,11,15H,1H3. The van der Waals surface area contributed by atoms with Gasteiger partial charge in [0.15, 0.2) is 0 Å². The highest BCUT2D eigenvalue weighted by Gasteiger charge is 2.13. The molecular weight excluding hydrogens is 250 g/mol. The highest BCUT2D eigenvalue weighted by atomic mass is 35.5. The average molecular weight is 259 g/mol. The van der Waals surface area contributed by atoms with Gasteiger partial charge in [-0.15, -0.1) is 0 Å². The van der Waals surface area contributed by atoms with Gasteiger partial charge in [0.1, 0.15) is 5.69 Å². The summed E-state index contributed by atoms with van der Waals surface area (Å²) in [5.74, 6) is 0. The summed E-state index contributed by atoms with van der Waals surface area (Å²) in [6.45, 7) is 1.81. The Morgan fingerprint density at radius 2 is 2.06 bits per heavy atom. The first kappa shape index (κ1) is 11.9. The Morgan fingerprint density at radius 3 is 2.59 bits per heavy atom. The van der Waals surface area contributed by atoms with Crippen molar-refractivity contribution < 1.29 is 8.78 Å². The molecule has 2 aromatic rings. The second-order valence-corrected chi connectivity index (χ2v) is 4.03. The molecule has 90 valence electrons. The van der Waals surface area contributed by atoms with Crippen LogP contribution in [0.3, 0.4) is 0 Å². The van der Waals surface area contributed by atoms with Crippen molar-refractivity contribution >= 4 is 11.6 Å². The molecule has 0 saturated carbocycles. The fourth-order valence-electron chi connectivity index (χ4n) is 1.44. The molecule has 0 aliphatic heterocycles. The summed E-state index contributed by atoms with van der Waals surface area (Å²) in [6, 6.07) is 5.77. The van der Waals surface area contributed by atoms with Gasteiger partial charge < -0.3 is 0 Å². The van der Waals surface area contributed by atoms with Gasteiger partial charge in [0.25, 0.3) is 12.0 Å². The number of H-pyrrole nitrogens is 1. The Bertz CT molecular complexity index is 604. The van der Waals surface area contributed by atoms with Gasteiger partial charge in [0.05, 0.1) is 5.69 Å². The van der Waals surface area contributed by atoms with Gasteiger partial charge in [-0.25, -0.2) is 13.5 Å². The highest BCUT2D eigenvalue weighted by molar-refractivity contribution is 6.31. The van der Waals surface area contributed by atoms with E-state index >= 15 is 0 Å². The molecular formula is C11H9ClF2N2O. The molecule has 0 bridgehead atoms. The molecule has 0 amide bonds. The van der Waals surface area contributed by atoms with Crippen LogP contribution in [0.4, 0.5) is 8.78 Å². The van der Waals surface area contributed by atoms with Crippen LogP contribution in [0.15, 0.2) is 29.1 Å². The molecule has 0 atom stereocenters. The van der Waals surface area contributed by atoms with E-state index in [0.717, 1.165) is 16.3 Å². The van der Waals surface area contributed by atoms with Crippen molar-refractivity contribution in [1.29, 1.82) is 0 Å². The molecule has 6 heteroatoms. The van der Waals surface area contributed by atoms with Crippen LogP contribution in [0.5, 0.6) is 0 Å². The van der Waals surface area contributed by atoms with E-state index in [1.165, 1.54) is 0 Å². The minimum absolute atomic E-state index is 0.410. The third-order valence-electron chi connectivity index (χ3n) is 2.39. The summed E-state index contributed by atoms with van der Waals surface area (Å²) < 4.78 is 25.9. The number of halogens is 3. The van der Waals surface area contributed by atoms with Crippen LogP contribution in [-0.2, 0) is 0 Å². The molecule has 1 N–H and O–H groups in total. The van der Waals surface area contributed by atoms with Crippen molar-refractivity contribution in [3.05, 3.63) is 50.9 Å². The number of aromatic nitrogens is 2. The first-order chi connectivity index (χ1) is 7.99. The van der Waals surface area contributed by atoms with Crippen LogP contribution in [-0.4, -0.2) is 9.78 Å². The van der Waals surface area contributed by atoms with Crippen molar-refractivity contribution in [2.75, 3.05) is 0 Å². The first-order valence-corrected chi connectivity index (χ1v) is 5.23. The van der Waals surface area contributed by atoms with E-state index in [1.807, 2.05) is 6.92 Å². The van der Waals surface area contributed by atoms with Crippen LogP contribution in [0.1, 0.15) is 17.7 Å². The number of aromatic amines is 1. The van der Waals surface area contributed by atoms with Crippen molar-refractivity contribution in [2.24, 2.45) is 0 Å². The number of rotatable bonds is 2. The molecule has 17 heavy (non-hydrogen) atoms. The molecule has 0 fully saturated rings. The summed E-state index contributed by atoms with van der Waals surface area (Å²) in [6.07, 6.45) is -2.70. The smallest absolute Gasteiger partial charge is 0.279 e. The molecule has 2 rings (SSSR count). The van der Waals surface area contributed by atoms with E-state index in [0.29, 0.717) is 10.7 Å². The first-order valence-electron chi connectivity index (χ1n) is 4.85. The SMILES string of the molecule is Cc1ccc(-n2[nH]c(C(F)F)cc2=O)cc1Cl. The van der Waals surface area contributed by atoms with Crippen LogP contribution in [0, 0.1) is 6.92 Å². The Labute approximate surface area is 101 Å². The van der Waals surface area contributed by atoms with Crippen LogP contribution >= 0.6 is 11.6 Å². The van der Waals surface area contributed by atoms with Gasteiger partial charge in [0, 0.05) is 11.1 Å². The highest BCUT2D eigenvalue weighted by Crippen LogP contribution is 2.19. The quantitative estimate of drug-likeness (QED) is 0.883. The summed E-state index contributed by atoms with van der Waals surface area (Å²) >= 11 is 5.91. The van der Waals surface area contributed by atoms with Crippen molar-refractivity contribution in [1.82, 2.24) is 9.78 Å². The fraction of sp³-hybridized carbons (Fsp3) is 0.182. The number of aryl methyl sites for hydroxylation is 1. The molecule has 1 aromatic heterocycles. The lowest BCUT2D eigenvalue weighted by Gasteiger charge is -2.04. The molecule has 0 aliphatic rings. The van der Waals surface area contributed by atoms with Gasteiger partial charge >= 0.3 is 0 Å². The summed E-state index contributed by atoms with van der Waals surface area (Å²) in [5, 5.41) is 2.81. The zero-order valence-electron chi connectivity index (χ0n) is 8.88. The zero-order valence-corrected chi connectivity index (χ0v) is 9.63. The maximum absolute atomic E-state index is 12.4. The number of nitrogens with one attached hydrogen (secondary N) is 1. The predicted molar refractivity (Wildman–Crippen MR) is 61.1 cm³/mol. The number of benzene rings is 1. The van der Waals surface area contributed by atoms with Crippen molar-refractivity contribution in [3.63, 3.8) is 0 Å². The van der Waals surface area contributed by atoms with Crippen molar-refractivity contribution in [2.45, 2.75) is 13.3 Å². The Balaban J connectivity index is 2.53. The second-order valence-electron chi connectivity index (χ2n) is 3.62. The van der Waals surface area contributed by atoms with E-state index in [9.17, 15) is 13.6 Å². The normalized spacial score (nSPS) is 11.1. The van der Waals surface area contributed by atoms with Gasteiger partial charge in [-0.2, -0.15) is 0 Å². The van der Waals surface area contributed by atoms with Gasteiger partial charge in [0.2, 0.25) is 0 Å². The number of hydrogen-bond acceptors (Lipinski definition) is 1. The predicted octanol–water partition coefficient (Wildman–Crippen LogP) is 3.07. The zero-order chi connectivity index (χ0) is 12.6. The molecule has 3 nitrogen and oxygen atoms in total. The molecule has 0 aliphatic carbocycles. The van der Waals surface area contributed by atoms with E-state index in [-0.39, 0.29) is 0 Å². The summed E-state index contributed by atoms with van der Waals surface area (Å²) in [5.41, 5.74) is 0.327. The minimum atomic E-state index is -2.70.